The van der Waals surface area contributed by atoms with Crippen molar-refractivity contribution in [3.05, 3.63) is 22.3 Å². The summed E-state index contributed by atoms with van der Waals surface area (Å²) in [5, 5.41) is 30.6. The van der Waals surface area contributed by atoms with Gasteiger partial charge in [0.25, 0.3) is 11.8 Å². The molecule has 17 heteroatoms. The quantitative estimate of drug-likeness (QED) is 0.0703. The zero-order valence-corrected chi connectivity index (χ0v) is 26.7. The molecule has 1 fully saturated rings. The average Bonchev–Trinajstić information content (AvgIpc) is 3.64. The maximum Gasteiger partial charge on any atom is 0.352 e. The van der Waals surface area contributed by atoms with Crippen LogP contribution < -0.4 is 11.1 Å². The second-order valence-electron chi connectivity index (χ2n) is 10.1. The number of nitrogens with zero attached hydrogens (tertiary/aromatic N) is 7. The third kappa shape index (κ3) is 8.26. The fourth-order valence-electron chi connectivity index (χ4n) is 4.59. The molecule has 1 unspecified atom stereocenters. The number of nitrogens with one attached hydrogen (secondary N) is 1. The Labute approximate surface area is 262 Å². The lowest BCUT2D eigenvalue weighted by Gasteiger charge is -2.49. The van der Waals surface area contributed by atoms with Crippen molar-refractivity contribution in [1.82, 2.24) is 35.4 Å². The first-order valence-electron chi connectivity index (χ1n) is 14.4. The van der Waals surface area contributed by atoms with Gasteiger partial charge in [0, 0.05) is 23.4 Å². The molecule has 0 spiro atoms. The first kappa shape index (κ1) is 32.7. The summed E-state index contributed by atoms with van der Waals surface area (Å²) in [5.74, 6) is -1.67. The van der Waals surface area contributed by atoms with Crippen molar-refractivity contribution in [2.75, 3.05) is 23.8 Å². The van der Waals surface area contributed by atoms with Crippen LogP contribution in [0.4, 0.5) is 5.13 Å². The molecule has 0 saturated carbocycles. The molecule has 4 heterocycles. The van der Waals surface area contributed by atoms with Crippen molar-refractivity contribution in [3.63, 3.8) is 0 Å². The topological polar surface area (TPSA) is 191 Å². The molecule has 2 aromatic rings. The number of aryl methyl sites for hydroxylation is 1. The number of β-lactam (4-membered cyclic amide) rings is 1. The predicted octanol–water partition coefficient (Wildman–Crippen LogP) is 3.12. The third-order valence-electron chi connectivity index (χ3n) is 6.86. The molecule has 4 rings (SSSR count). The number of tetrazole rings is 1. The van der Waals surface area contributed by atoms with Gasteiger partial charge in [-0.2, -0.15) is 0 Å². The Balaban J connectivity index is 1.41. The van der Waals surface area contributed by atoms with Crippen LogP contribution in [0.25, 0.3) is 0 Å². The van der Waals surface area contributed by atoms with Gasteiger partial charge in [-0.1, -0.05) is 62.9 Å². The number of rotatable bonds is 18. The molecule has 4 N–H and O–H groups in total. The van der Waals surface area contributed by atoms with E-state index >= 15 is 0 Å². The zero-order valence-electron chi connectivity index (χ0n) is 24.2. The Hall–Kier alpha value is -3.18. The Morgan fingerprint density at radius 2 is 1.98 bits per heavy atom. The second-order valence-corrected chi connectivity index (χ2v) is 13.0. The number of hydrogen-bond donors (Lipinski definition) is 3. The maximum absolute atomic E-state index is 13.3. The van der Waals surface area contributed by atoms with Gasteiger partial charge in [0.2, 0.25) is 5.16 Å². The number of aliphatic carboxylic acids is 1. The van der Waals surface area contributed by atoms with Crippen LogP contribution in [-0.2, 0) is 25.8 Å². The van der Waals surface area contributed by atoms with Crippen LogP contribution in [0.1, 0.15) is 70.9 Å². The number of hydrogen-bond acceptors (Lipinski definition) is 13. The molecule has 2 atom stereocenters. The first-order valence-corrected chi connectivity index (χ1v) is 17.3. The summed E-state index contributed by atoms with van der Waals surface area (Å²) in [6, 6.07) is -0.929. The number of carboxylic acids is 1. The summed E-state index contributed by atoms with van der Waals surface area (Å²) in [6.45, 7) is 5.28. The normalized spacial score (nSPS) is 18.4. The molecule has 2 amide bonds. The highest BCUT2D eigenvalue weighted by molar-refractivity contribution is 8.01. The number of fused-ring (bicyclic) bond motifs is 1. The Morgan fingerprint density at radius 1 is 1.21 bits per heavy atom. The fraction of sp³-hybridized carbons (Fsp3) is 0.615. The van der Waals surface area contributed by atoms with Crippen LogP contribution in [0.2, 0.25) is 0 Å². The molecule has 43 heavy (non-hydrogen) atoms. The number of carboxylic acid groups (broad SMARTS) is 1. The van der Waals surface area contributed by atoms with Gasteiger partial charge in [-0.25, -0.2) is 14.5 Å². The van der Waals surface area contributed by atoms with Crippen LogP contribution in [0.15, 0.2) is 27.0 Å². The number of unbranched alkanes of at least 4 members (excludes halogenated alkanes) is 6. The highest BCUT2D eigenvalue weighted by Gasteiger charge is 2.54. The molecule has 0 bridgehead atoms. The van der Waals surface area contributed by atoms with Gasteiger partial charge >= 0.3 is 5.97 Å². The monoisotopic (exact) mass is 651 g/mol. The van der Waals surface area contributed by atoms with Gasteiger partial charge in [-0.05, 0) is 35.3 Å². The molecule has 14 nitrogen and oxygen atoms in total. The number of nitrogen functional groups attached to an aromatic ring is 1. The van der Waals surface area contributed by atoms with Gasteiger partial charge in [-0.3, -0.25) is 14.5 Å². The molecular weight excluding hydrogens is 615 g/mol. The Kier molecular flexibility index (Phi) is 12.2. The summed E-state index contributed by atoms with van der Waals surface area (Å²) in [6.07, 6.45) is 8.24. The minimum absolute atomic E-state index is 0.0645. The first-order chi connectivity index (χ1) is 20.8. The van der Waals surface area contributed by atoms with E-state index in [2.05, 4.69) is 44.8 Å². The van der Waals surface area contributed by atoms with Crippen molar-refractivity contribution in [2.24, 2.45) is 5.16 Å². The Bertz CT molecular complexity index is 1350. The summed E-state index contributed by atoms with van der Waals surface area (Å²) < 4.78 is 1.73. The molecule has 2 aromatic heterocycles. The highest BCUT2D eigenvalue weighted by atomic mass is 32.2. The maximum atomic E-state index is 13.3. The van der Waals surface area contributed by atoms with E-state index in [-0.39, 0.29) is 22.2 Å². The van der Waals surface area contributed by atoms with Crippen LogP contribution in [0.5, 0.6) is 0 Å². The lowest BCUT2D eigenvalue weighted by Crippen LogP contribution is -2.71. The summed E-state index contributed by atoms with van der Waals surface area (Å²) in [5.41, 5.74) is 6.45. The van der Waals surface area contributed by atoms with E-state index in [9.17, 15) is 19.5 Å². The fourth-order valence-corrected chi connectivity index (χ4v) is 7.52. The van der Waals surface area contributed by atoms with E-state index in [4.69, 9.17) is 10.6 Å². The van der Waals surface area contributed by atoms with Crippen molar-refractivity contribution in [2.45, 2.75) is 88.3 Å². The van der Waals surface area contributed by atoms with Gasteiger partial charge in [0.05, 0.1) is 0 Å². The van der Waals surface area contributed by atoms with Crippen molar-refractivity contribution in [3.8, 4) is 0 Å². The molecule has 0 radical (unpaired) electrons. The number of oxime groups is 1. The number of nitrogens with two attached hydrogens (primary N) is 1. The molecule has 0 aromatic carbocycles. The van der Waals surface area contributed by atoms with E-state index in [1.165, 1.54) is 28.4 Å². The smallest absolute Gasteiger partial charge is 0.352 e. The zero-order chi connectivity index (χ0) is 30.8. The number of anilines is 1. The van der Waals surface area contributed by atoms with Crippen molar-refractivity contribution >= 4 is 63.5 Å². The lowest BCUT2D eigenvalue weighted by atomic mass is 10.0. The molecule has 234 valence electrons. The van der Waals surface area contributed by atoms with Gasteiger partial charge in [0.15, 0.2) is 10.8 Å². The number of carbonyl (C=O) groups excluding carboxylic acids is 2. The van der Waals surface area contributed by atoms with Gasteiger partial charge < -0.3 is 21.0 Å². The van der Waals surface area contributed by atoms with Crippen LogP contribution in [0, 0.1) is 0 Å². The summed E-state index contributed by atoms with van der Waals surface area (Å²) in [4.78, 5) is 49.6. The predicted molar refractivity (Wildman–Crippen MR) is 166 cm³/mol. The van der Waals surface area contributed by atoms with E-state index < -0.39 is 29.2 Å². The molecule has 2 aliphatic heterocycles. The van der Waals surface area contributed by atoms with Crippen LogP contribution in [0.3, 0.4) is 0 Å². The molecule has 0 aliphatic carbocycles. The largest absolute Gasteiger partial charge is 0.477 e. The molecule has 2 aliphatic rings. The number of carbonyl (C=O) groups is 3. The van der Waals surface area contributed by atoms with Crippen LogP contribution in [-0.4, -0.2) is 88.2 Å². The number of aromatic nitrogens is 5. The molecular formula is C26H37N9O5S3. The second kappa shape index (κ2) is 16.0. The minimum atomic E-state index is -1.20. The highest BCUT2D eigenvalue weighted by Crippen LogP contribution is 2.41. The van der Waals surface area contributed by atoms with E-state index in [0.29, 0.717) is 35.4 Å². The lowest BCUT2D eigenvalue weighted by molar-refractivity contribution is -0.150. The third-order valence-corrected chi connectivity index (χ3v) is 9.92. The standard InChI is InChI=1S/C26H37N9O5S3/c1-3-5-7-9-11-34-26(30-32-33-34)43-14-16-13-41-23-19(22(37)35(23)20(16)24(38)39)29-21(36)18(17-15-42-25(27)28-17)31-40-12-10-8-6-4-2/h15,19,23H,3-14H2,1-2H3,(H2,27,28)(H,29,36)(H,38,39)/b31-18-/t19?,23-/m1/s1. The molecule has 1 saturated heterocycles. The number of thioether (sulfide) groups is 2. The SMILES string of the molecule is CCCCCCO/N=C(\C(=O)NC1C(=O)N2C(C(=O)O)=C(CSc3nnnn3CCCCCC)CS[C@H]12)c1csc(N)n1. The van der Waals surface area contributed by atoms with Crippen LogP contribution >= 0.6 is 34.9 Å². The Morgan fingerprint density at radius 3 is 2.67 bits per heavy atom. The van der Waals surface area contributed by atoms with Gasteiger partial charge in [0.1, 0.15) is 29.4 Å². The average molecular weight is 652 g/mol. The van der Waals surface area contributed by atoms with Crippen molar-refractivity contribution in [1.29, 1.82) is 0 Å². The van der Waals surface area contributed by atoms with E-state index in [1.54, 1.807) is 10.1 Å². The summed E-state index contributed by atoms with van der Waals surface area (Å²) in [7, 11) is 0. The van der Waals surface area contributed by atoms with Crippen molar-refractivity contribution < 1.29 is 24.3 Å². The van der Waals surface area contributed by atoms with E-state index in [1.807, 2.05) is 0 Å². The van der Waals surface area contributed by atoms with Gasteiger partial charge in [-0.15, -0.1) is 28.2 Å². The minimum Gasteiger partial charge on any atom is -0.477 e. The number of amides is 2. The number of thiazole rings is 1. The van der Waals surface area contributed by atoms with E-state index in [0.717, 1.165) is 62.7 Å². The summed E-state index contributed by atoms with van der Waals surface area (Å²) >= 11 is 3.89.